The Bertz CT molecular complexity index is 1180. The van der Waals surface area contributed by atoms with Crippen molar-refractivity contribution in [2.24, 2.45) is 5.92 Å². The molecule has 35 heavy (non-hydrogen) atoms. The van der Waals surface area contributed by atoms with Crippen LogP contribution in [0.5, 0.6) is 5.75 Å². The minimum absolute atomic E-state index is 0.109. The van der Waals surface area contributed by atoms with E-state index in [4.69, 9.17) is 4.74 Å². The van der Waals surface area contributed by atoms with Crippen molar-refractivity contribution in [1.82, 2.24) is 4.90 Å². The molecule has 3 aromatic carbocycles. The van der Waals surface area contributed by atoms with Gasteiger partial charge in [-0.3, -0.25) is 9.59 Å². The average molecular weight is 475 g/mol. The Morgan fingerprint density at radius 2 is 1.77 bits per heavy atom. The van der Waals surface area contributed by atoms with E-state index >= 15 is 0 Å². The van der Waals surface area contributed by atoms with Gasteiger partial charge < -0.3 is 15.0 Å². The number of amides is 2. The van der Waals surface area contributed by atoms with Crippen LogP contribution >= 0.6 is 0 Å². The lowest BCUT2D eigenvalue weighted by atomic mass is 9.87. The quantitative estimate of drug-likeness (QED) is 0.474. The maximum Gasteiger partial charge on any atom is 0.265 e. The molecule has 2 atom stereocenters. The number of carbonyl (C=O) groups excluding carboxylic acids is 2. The molecule has 4 rings (SSSR count). The highest BCUT2D eigenvalue weighted by Crippen LogP contribution is 2.38. The van der Waals surface area contributed by atoms with Gasteiger partial charge in [0.1, 0.15) is 11.6 Å². The van der Waals surface area contributed by atoms with Gasteiger partial charge in [0.05, 0.1) is 6.04 Å². The second kappa shape index (κ2) is 10.7. The number of benzene rings is 3. The molecule has 1 aliphatic heterocycles. The van der Waals surface area contributed by atoms with E-state index in [2.05, 4.69) is 5.32 Å². The molecule has 182 valence electrons. The second-order valence-corrected chi connectivity index (χ2v) is 9.12. The lowest BCUT2D eigenvalue weighted by Gasteiger charge is -2.39. The number of hydrogen-bond donors (Lipinski definition) is 1. The van der Waals surface area contributed by atoms with E-state index in [0.29, 0.717) is 24.4 Å². The first-order valence-electron chi connectivity index (χ1n) is 12.1. The summed E-state index contributed by atoms with van der Waals surface area (Å²) in [7, 11) is 0. The highest BCUT2D eigenvalue weighted by molar-refractivity contribution is 5.94. The van der Waals surface area contributed by atoms with E-state index in [1.807, 2.05) is 74.2 Å². The Labute approximate surface area is 205 Å². The molecule has 6 heteroatoms. The van der Waals surface area contributed by atoms with Gasteiger partial charge in [0.15, 0.2) is 6.10 Å². The molecule has 0 saturated carbocycles. The fraction of sp³-hybridized carbons (Fsp3) is 0.310. The zero-order valence-electron chi connectivity index (χ0n) is 20.3. The molecule has 2 amide bonds. The third-order valence-electron chi connectivity index (χ3n) is 6.29. The van der Waals surface area contributed by atoms with Gasteiger partial charge in [0, 0.05) is 18.2 Å². The van der Waals surface area contributed by atoms with Crippen LogP contribution in [0, 0.1) is 11.7 Å². The first kappa shape index (κ1) is 24.5. The molecule has 0 saturated heterocycles. The molecule has 0 fully saturated rings. The zero-order chi connectivity index (χ0) is 24.9. The van der Waals surface area contributed by atoms with Crippen LogP contribution in [0.15, 0.2) is 72.8 Å². The number of fused-ring (bicyclic) bond motifs is 1. The molecule has 0 aliphatic carbocycles. The van der Waals surface area contributed by atoms with Crippen molar-refractivity contribution >= 4 is 17.5 Å². The van der Waals surface area contributed by atoms with E-state index in [1.165, 1.54) is 29.8 Å². The van der Waals surface area contributed by atoms with Crippen molar-refractivity contribution in [1.29, 1.82) is 0 Å². The lowest BCUT2D eigenvalue weighted by Crippen LogP contribution is -2.42. The molecule has 1 heterocycles. The van der Waals surface area contributed by atoms with Crippen molar-refractivity contribution in [2.75, 3.05) is 11.9 Å². The average Bonchev–Trinajstić information content (AvgIpc) is 2.87. The maximum atomic E-state index is 13.2. The van der Waals surface area contributed by atoms with Gasteiger partial charge >= 0.3 is 0 Å². The molecule has 5 nitrogen and oxygen atoms in total. The second-order valence-electron chi connectivity index (χ2n) is 9.12. The smallest absolute Gasteiger partial charge is 0.265 e. The number of anilines is 1. The molecular weight excluding hydrogens is 443 g/mol. The maximum absolute atomic E-state index is 13.2. The van der Waals surface area contributed by atoms with E-state index in [0.717, 1.165) is 17.5 Å². The number of nitrogens with one attached hydrogen (secondary N) is 1. The van der Waals surface area contributed by atoms with E-state index in [1.54, 1.807) is 0 Å². The Morgan fingerprint density at radius 1 is 1.06 bits per heavy atom. The minimum atomic E-state index is -0.717. The number of rotatable bonds is 7. The summed E-state index contributed by atoms with van der Waals surface area (Å²) in [5.74, 6) is -0.0845. The van der Waals surface area contributed by atoms with Crippen LogP contribution in [-0.2, 0) is 16.0 Å². The fourth-order valence-electron chi connectivity index (χ4n) is 4.47. The van der Waals surface area contributed by atoms with Gasteiger partial charge in [-0.05, 0) is 65.9 Å². The normalized spacial score (nSPS) is 15.9. The number of carbonyl (C=O) groups is 2. The number of ether oxygens (including phenoxy) is 1. The van der Waals surface area contributed by atoms with Crippen molar-refractivity contribution < 1.29 is 18.7 Å². The molecule has 0 bridgehead atoms. The van der Waals surface area contributed by atoms with Crippen LogP contribution in [0.3, 0.4) is 0 Å². The number of halogens is 1. The summed E-state index contributed by atoms with van der Waals surface area (Å²) in [5, 5.41) is 2.79. The third-order valence-corrected chi connectivity index (χ3v) is 6.29. The standard InChI is InChI=1S/C29H31FN2O3/c1-4-26(28(33)31-23-13-11-22(30)12-14-23)35-24-15-10-20-16-17-32(29(34)19(2)3)27(25(20)18-24)21-8-6-5-7-9-21/h5-15,18-19,26-27H,4,16-17H2,1-3H3,(H,31,33). The fourth-order valence-corrected chi connectivity index (χ4v) is 4.47. The highest BCUT2D eigenvalue weighted by Gasteiger charge is 2.33. The topological polar surface area (TPSA) is 58.6 Å². The summed E-state index contributed by atoms with van der Waals surface area (Å²) < 4.78 is 19.3. The molecular formula is C29H31FN2O3. The largest absolute Gasteiger partial charge is 0.481 e. The Kier molecular flexibility index (Phi) is 7.49. The molecule has 0 aromatic heterocycles. The summed E-state index contributed by atoms with van der Waals surface area (Å²) in [6, 6.07) is 21.3. The van der Waals surface area contributed by atoms with Crippen LogP contribution in [0.4, 0.5) is 10.1 Å². The van der Waals surface area contributed by atoms with Crippen molar-refractivity contribution in [3.8, 4) is 5.75 Å². The number of hydrogen-bond acceptors (Lipinski definition) is 3. The van der Waals surface area contributed by atoms with Crippen LogP contribution < -0.4 is 10.1 Å². The third kappa shape index (κ3) is 5.53. The molecule has 3 aromatic rings. The first-order chi connectivity index (χ1) is 16.9. The minimum Gasteiger partial charge on any atom is -0.481 e. The van der Waals surface area contributed by atoms with E-state index < -0.39 is 6.10 Å². The molecule has 1 N–H and O–H groups in total. The van der Waals surface area contributed by atoms with E-state index in [-0.39, 0.29) is 29.6 Å². The van der Waals surface area contributed by atoms with Crippen LogP contribution in [0.2, 0.25) is 0 Å². The van der Waals surface area contributed by atoms with Gasteiger partial charge in [-0.25, -0.2) is 4.39 Å². The van der Waals surface area contributed by atoms with Crippen molar-refractivity contribution in [3.63, 3.8) is 0 Å². The van der Waals surface area contributed by atoms with Crippen LogP contribution in [-0.4, -0.2) is 29.4 Å². The SMILES string of the molecule is CCC(Oc1ccc2c(c1)C(c1ccccc1)N(C(=O)C(C)C)CC2)C(=O)Nc1ccc(F)cc1. The monoisotopic (exact) mass is 474 g/mol. The summed E-state index contributed by atoms with van der Waals surface area (Å²) in [6.07, 6.45) is 0.509. The molecule has 2 unspecified atom stereocenters. The summed E-state index contributed by atoms with van der Waals surface area (Å²) in [5.41, 5.74) is 3.74. The number of nitrogens with zero attached hydrogens (tertiary/aromatic N) is 1. The van der Waals surface area contributed by atoms with Crippen molar-refractivity contribution in [2.45, 2.75) is 45.8 Å². The van der Waals surface area contributed by atoms with Crippen molar-refractivity contribution in [3.05, 3.63) is 95.3 Å². The van der Waals surface area contributed by atoms with Crippen LogP contribution in [0.25, 0.3) is 0 Å². The van der Waals surface area contributed by atoms with Gasteiger partial charge in [0.2, 0.25) is 5.91 Å². The first-order valence-corrected chi connectivity index (χ1v) is 12.1. The summed E-state index contributed by atoms with van der Waals surface area (Å²) in [6.45, 7) is 6.38. The Hall–Kier alpha value is -3.67. The van der Waals surface area contributed by atoms with Gasteiger partial charge in [-0.15, -0.1) is 0 Å². The van der Waals surface area contributed by atoms with E-state index in [9.17, 15) is 14.0 Å². The Morgan fingerprint density at radius 3 is 2.43 bits per heavy atom. The molecule has 0 radical (unpaired) electrons. The van der Waals surface area contributed by atoms with Gasteiger partial charge in [-0.1, -0.05) is 57.2 Å². The highest BCUT2D eigenvalue weighted by atomic mass is 19.1. The van der Waals surface area contributed by atoms with Gasteiger partial charge in [0.25, 0.3) is 5.91 Å². The summed E-state index contributed by atoms with van der Waals surface area (Å²) in [4.78, 5) is 27.9. The van der Waals surface area contributed by atoms with Gasteiger partial charge in [-0.2, -0.15) is 0 Å². The Balaban J connectivity index is 1.61. The summed E-state index contributed by atoms with van der Waals surface area (Å²) >= 11 is 0. The lowest BCUT2D eigenvalue weighted by molar-refractivity contribution is -0.136. The zero-order valence-corrected chi connectivity index (χ0v) is 20.3. The van der Waals surface area contributed by atoms with Crippen LogP contribution in [0.1, 0.15) is 49.9 Å². The molecule has 0 spiro atoms. The molecule has 1 aliphatic rings. The predicted octanol–water partition coefficient (Wildman–Crippen LogP) is 5.75. The predicted molar refractivity (Wildman–Crippen MR) is 135 cm³/mol.